The summed E-state index contributed by atoms with van der Waals surface area (Å²) in [5, 5.41) is 20.8. The van der Waals surface area contributed by atoms with Gasteiger partial charge in [-0.2, -0.15) is 5.10 Å². The van der Waals surface area contributed by atoms with Gasteiger partial charge < -0.3 is 19.9 Å². The normalized spacial score (nSPS) is 15.2. The summed E-state index contributed by atoms with van der Waals surface area (Å²) in [5.41, 5.74) is 3.42. The van der Waals surface area contributed by atoms with Crippen LogP contribution in [-0.4, -0.2) is 65.1 Å². The Morgan fingerprint density at radius 3 is 2.52 bits per heavy atom. The first kappa shape index (κ1) is 27.8. The fraction of sp³-hybridized carbons (Fsp3) is 0.375. The summed E-state index contributed by atoms with van der Waals surface area (Å²) in [5.74, 6) is 0.232. The Kier molecular flexibility index (Phi) is 8.21. The van der Waals surface area contributed by atoms with Gasteiger partial charge in [0.05, 0.1) is 30.3 Å². The van der Waals surface area contributed by atoms with E-state index in [1.54, 1.807) is 4.68 Å². The number of amides is 1. The topological polar surface area (TPSA) is 88.8 Å². The van der Waals surface area contributed by atoms with E-state index in [1.165, 1.54) is 0 Å². The van der Waals surface area contributed by atoms with Crippen molar-refractivity contribution in [1.82, 2.24) is 14.7 Å². The van der Waals surface area contributed by atoms with Crippen LogP contribution in [0.25, 0.3) is 16.5 Å². The molecule has 0 spiro atoms. The number of rotatable bonds is 8. The molecule has 2 heterocycles. The van der Waals surface area contributed by atoms with E-state index in [0.717, 1.165) is 66.3 Å². The molecule has 0 radical (unpaired) electrons. The smallest absolute Gasteiger partial charge is 0.259 e. The van der Waals surface area contributed by atoms with E-state index >= 15 is 0 Å². The maximum atomic E-state index is 13.4. The van der Waals surface area contributed by atoms with Crippen LogP contribution in [0, 0.1) is 6.92 Å². The maximum Gasteiger partial charge on any atom is 0.259 e. The number of aliphatic hydroxyl groups excluding tert-OH is 1. The van der Waals surface area contributed by atoms with Crippen molar-refractivity contribution in [1.29, 1.82) is 0 Å². The molecule has 40 heavy (non-hydrogen) atoms. The number of morpholine rings is 1. The molecule has 1 saturated heterocycles. The van der Waals surface area contributed by atoms with Gasteiger partial charge in [-0.25, -0.2) is 4.68 Å². The van der Waals surface area contributed by atoms with E-state index in [1.807, 2.05) is 73.7 Å². The quantitative estimate of drug-likeness (QED) is 0.325. The van der Waals surface area contributed by atoms with Crippen molar-refractivity contribution in [3.05, 3.63) is 83.7 Å². The number of carbonyl (C=O) groups is 1. The number of aryl methyl sites for hydroxylation is 1. The van der Waals surface area contributed by atoms with Crippen molar-refractivity contribution in [3.8, 4) is 11.4 Å². The molecule has 5 rings (SSSR count). The first-order valence-electron chi connectivity index (χ1n) is 13.8. The lowest BCUT2D eigenvalue weighted by molar-refractivity contribution is -0.124. The van der Waals surface area contributed by atoms with Gasteiger partial charge in [-0.05, 0) is 42.8 Å². The van der Waals surface area contributed by atoms with E-state index in [2.05, 4.69) is 31.0 Å². The van der Waals surface area contributed by atoms with Crippen molar-refractivity contribution in [2.45, 2.75) is 39.2 Å². The Hall–Kier alpha value is -3.72. The number of fused-ring (bicyclic) bond motifs is 1. The lowest BCUT2D eigenvalue weighted by atomic mass is 9.92. The standard InChI is InChI=1S/C32H38N4O4/c1-22-8-7-9-23(20-22)36-27(21-29(34-36)32(2,3)4)30(37)31(38)33-26-12-13-28(25-11-6-5-10-24(25)26)40-19-16-35-14-17-39-18-15-35/h5-13,20-21,30,37H,14-19H2,1-4H3,(H,33,38). The molecule has 8 heteroatoms. The summed E-state index contributed by atoms with van der Waals surface area (Å²) in [7, 11) is 0. The number of benzene rings is 3. The zero-order valence-electron chi connectivity index (χ0n) is 23.7. The fourth-order valence-corrected chi connectivity index (χ4v) is 4.87. The van der Waals surface area contributed by atoms with Gasteiger partial charge in [0, 0.05) is 41.5 Å². The minimum absolute atomic E-state index is 0.256. The highest BCUT2D eigenvalue weighted by atomic mass is 16.5. The Bertz CT molecular complexity index is 1480. The SMILES string of the molecule is Cc1cccc(-n2nc(C(C)(C)C)cc2C(O)C(=O)Nc2ccc(OCCN3CCOCC3)c3ccccc23)c1. The van der Waals surface area contributed by atoms with E-state index in [0.29, 0.717) is 18.0 Å². The molecule has 4 aromatic rings. The molecule has 0 aliphatic carbocycles. The Balaban J connectivity index is 1.38. The van der Waals surface area contributed by atoms with Gasteiger partial charge in [-0.3, -0.25) is 9.69 Å². The molecule has 1 aliphatic heterocycles. The summed E-state index contributed by atoms with van der Waals surface area (Å²) in [4.78, 5) is 15.8. The molecule has 3 aromatic carbocycles. The van der Waals surface area contributed by atoms with Crippen LogP contribution in [0.15, 0.2) is 66.7 Å². The summed E-state index contributed by atoms with van der Waals surface area (Å²) in [6.45, 7) is 12.9. The first-order valence-corrected chi connectivity index (χ1v) is 13.8. The number of carbonyl (C=O) groups excluding carboxylic acids is 1. The van der Waals surface area contributed by atoms with E-state index in [9.17, 15) is 9.90 Å². The highest BCUT2D eigenvalue weighted by Crippen LogP contribution is 2.33. The number of ether oxygens (including phenoxy) is 2. The van der Waals surface area contributed by atoms with Crippen LogP contribution in [-0.2, 0) is 14.9 Å². The van der Waals surface area contributed by atoms with E-state index in [-0.39, 0.29) is 5.41 Å². The molecule has 210 valence electrons. The number of aliphatic hydroxyl groups is 1. The molecule has 0 saturated carbocycles. The Morgan fingerprint density at radius 2 is 1.80 bits per heavy atom. The van der Waals surface area contributed by atoms with Gasteiger partial charge in [-0.15, -0.1) is 0 Å². The minimum atomic E-state index is -1.42. The van der Waals surface area contributed by atoms with Crippen LogP contribution in [0.2, 0.25) is 0 Å². The van der Waals surface area contributed by atoms with Crippen LogP contribution in [0.5, 0.6) is 5.75 Å². The molecule has 8 nitrogen and oxygen atoms in total. The molecule has 1 amide bonds. The van der Waals surface area contributed by atoms with Crippen molar-refractivity contribution < 1.29 is 19.4 Å². The molecule has 1 aliphatic rings. The molecule has 1 fully saturated rings. The molecular weight excluding hydrogens is 504 g/mol. The third-order valence-electron chi connectivity index (χ3n) is 7.19. The average molecular weight is 543 g/mol. The molecule has 1 aromatic heterocycles. The maximum absolute atomic E-state index is 13.4. The number of anilines is 1. The summed E-state index contributed by atoms with van der Waals surface area (Å²) in [6, 6.07) is 21.2. The number of hydrogen-bond donors (Lipinski definition) is 2. The van der Waals surface area contributed by atoms with Gasteiger partial charge in [-0.1, -0.05) is 57.2 Å². The van der Waals surface area contributed by atoms with Crippen LogP contribution < -0.4 is 10.1 Å². The van der Waals surface area contributed by atoms with Gasteiger partial charge in [0.15, 0.2) is 6.10 Å². The van der Waals surface area contributed by atoms with Gasteiger partial charge in [0.25, 0.3) is 5.91 Å². The summed E-state index contributed by atoms with van der Waals surface area (Å²) < 4.78 is 13.2. The molecule has 0 bridgehead atoms. The van der Waals surface area contributed by atoms with Gasteiger partial charge in [0.2, 0.25) is 0 Å². The van der Waals surface area contributed by atoms with Crippen molar-refractivity contribution in [2.75, 3.05) is 44.8 Å². The zero-order valence-corrected chi connectivity index (χ0v) is 23.7. The van der Waals surface area contributed by atoms with Crippen molar-refractivity contribution in [3.63, 3.8) is 0 Å². The fourth-order valence-electron chi connectivity index (χ4n) is 4.87. The van der Waals surface area contributed by atoms with Crippen molar-refractivity contribution >= 4 is 22.4 Å². The number of hydrogen-bond acceptors (Lipinski definition) is 6. The van der Waals surface area contributed by atoms with Crippen molar-refractivity contribution in [2.24, 2.45) is 0 Å². The van der Waals surface area contributed by atoms with Gasteiger partial charge >= 0.3 is 0 Å². The molecule has 2 N–H and O–H groups in total. The van der Waals surface area contributed by atoms with Crippen LogP contribution in [0.4, 0.5) is 5.69 Å². The van der Waals surface area contributed by atoms with Gasteiger partial charge in [0.1, 0.15) is 12.4 Å². The monoisotopic (exact) mass is 542 g/mol. The second kappa shape index (κ2) is 11.8. The van der Waals surface area contributed by atoms with E-state index in [4.69, 9.17) is 14.6 Å². The van der Waals surface area contributed by atoms with Crippen LogP contribution in [0.1, 0.15) is 43.8 Å². The second-order valence-electron chi connectivity index (χ2n) is 11.3. The second-order valence-corrected chi connectivity index (χ2v) is 11.3. The largest absolute Gasteiger partial charge is 0.492 e. The molecular formula is C32H38N4O4. The van der Waals surface area contributed by atoms with E-state index < -0.39 is 12.0 Å². The highest BCUT2D eigenvalue weighted by molar-refractivity contribution is 6.05. The average Bonchev–Trinajstić information content (AvgIpc) is 3.41. The van der Waals surface area contributed by atoms with Crippen LogP contribution in [0.3, 0.4) is 0 Å². The zero-order chi connectivity index (χ0) is 28.3. The number of nitrogens with zero attached hydrogens (tertiary/aromatic N) is 3. The Labute approximate surface area is 235 Å². The number of aromatic nitrogens is 2. The predicted molar refractivity (Wildman–Crippen MR) is 157 cm³/mol. The first-order chi connectivity index (χ1) is 19.2. The Morgan fingerprint density at radius 1 is 1.05 bits per heavy atom. The molecule has 1 unspecified atom stereocenters. The minimum Gasteiger partial charge on any atom is -0.492 e. The number of nitrogens with one attached hydrogen (secondary N) is 1. The highest BCUT2D eigenvalue weighted by Gasteiger charge is 2.28. The predicted octanol–water partition coefficient (Wildman–Crippen LogP) is 5.01. The summed E-state index contributed by atoms with van der Waals surface area (Å²) in [6.07, 6.45) is -1.42. The third-order valence-corrected chi connectivity index (χ3v) is 7.19. The van der Waals surface area contributed by atoms with Crippen LogP contribution >= 0.6 is 0 Å². The third kappa shape index (κ3) is 6.20. The molecule has 1 atom stereocenters. The lowest BCUT2D eigenvalue weighted by Crippen LogP contribution is -2.38. The summed E-state index contributed by atoms with van der Waals surface area (Å²) >= 11 is 0. The lowest BCUT2D eigenvalue weighted by Gasteiger charge is -2.26.